The highest BCUT2D eigenvalue weighted by molar-refractivity contribution is 7.99. The van der Waals surface area contributed by atoms with Crippen LogP contribution < -0.4 is 10.6 Å². The number of aromatic nitrogens is 2. The summed E-state index contributed by atoms with van der Waals surface area (Å²) in [4.78, 5) is 8.74. The molecule has 0 aliphatic carbocycles. The number of hydrogen-bond donors (Lipinski definition) is 2. The van der Waals surface area contributed by atoms with Gasteiger partial charge in [-0.2, -0.15) is 11.8 Å². The summed E-state index contributed by atoms with van der Waals surface area (Å²) in [5.41, 5.74) is 0. The quantitative estimate of drug-likeness (QED) is 0.841. The van der Waals surface area contributed by atoms with Gasteiger partial charge in [-0.1, -0.05) is 0 Å². The summed E-state index contributed by atoms with van der Waals surface area (Å²) < 4.78 is 0. The van der Waals surface area contributed by atoms with Crippen molar-refractivity contribution in [2.45, 2.75) is 26.3 Å². The predicted octanol–water partition coefficient (Wildman–Crippen LogP) is 2.13. The molecule has 2 heterocycles. The van der Waals surface area contributed by atoms with Crippen molar-refractivity contribution in [3.05, 3.63) is 11.9 Å². The van der Waals surface area contributed by atoms with E-state index in [0.29, 0.717) is 6.04 Å². The van der Waals surface area contributed by atoms with Crippen molar-refractivity contribution in [2.75, 3.05) is 28.7 Å². The first-order valence-electron chi connectivity index (χ1n) is 5.71. The van der Waals surface area contributed by atoms with Crippen LogP contribution in [0.25, 0.3) is 0 Å². The summed E-state index contributed by atoms with van der Waals surface area (Å²) in [6.45, 7) is 4.88. The second kappa shape index (κ2) is 5.39. The second-order valence-corrected chi connectivity index (χ2v) is 5.07. The fourth-order valence-corrected chi connectivity index (χ4v) is 2.92. The summed E-state index contributed by atoms with van der Waals surface area (Å²) in [6, 6.07) is 2.55. The van der Waals surface area contributed by atoms with E-state index >= 15 is 0 Å². The zero-order chi connectivity index (χ0) is 11.4. The number of anilines is 2. The summed E-state index contributed by atoms with van der Waals surface area (Å²) in [5.74, 6) is 5.09. The van der Waals surface area contributed by atoms with Crippen molar-refractivity contribution in [3.8, 4) is 0 Å². The molecule has 1 aliphatic heterocycles. The molecule has 5 heteroatoms. The number of thioether (sulfide) groups is 1. The Hall–Kier alpha value is -0.970. The van der Waals surface area contributed by atoms with Crippen LogP contribution in [0.4, 0.5) is 11.6 Å². The minimum absolute atomic E-state index is 0.564. The van der Waals surface area contributed by atoms with Crippen LogP contribution in [-0.2, 0) is 0 Å². The largest absolute Gasteiger partial charge is 0.370 e. The molecule has 1 saturated heterocycles. The van der Waals surface area contributed by atoms with Gasteiger partial charge < -0.3 is 10.6 Å². The summed E-state index contributed by atoms with van der Waals surface area (Å²) in [7, 11) is 0. The Bertz CT molecular complexity index is 350. The lowest BCUT2D eigenvalue weighted by molar-refractivity contribution is 0.803. The summed E-state index contributed by atoms with van der Waals surface area (Å²) in [6.07, 6.45) is 1.23. The van der Waals surface area contributed by atoms with E-state index in [-0.39, 0.29) is 0 Å². The first kappa shape index (κ1) is 11.5. The lowest BCUT2D eigenvalue weighted by atomic mass is 10.2. The number of rotatable bonds is 4. The molecule has 0 bridgehead atoms. The van der Waals surface area contributed by atoms with Crippen LogP contribution in [0.1, 0.15) is 19.2 Å². The Labute approximate surface area is 101 Å². The van der Waals surface area contributed by atoms with Crippen LogP contribution in [0.3, 0.4) is 0 Å². The van der Waals surface area contributed by atoms with Crippen LogP contribution in [0.5, 0.6) is 0 Å². The number of hydrogen-bond acceptors (Lipinski definition) is 5. The fraction of sp³-hybridized carbons (Fsp3) is 0.636. The van der Waals surface area contributed by atoms with Gasteiger partial charge in [0.1, 0.15) is 17.5 Å². The van der Waals surface area contributed by atoms with Gasteiger partial charge >= 0.3 is 0 Å². The van der Waals surface area contributed by atoms with Crippen molar-refractivity contribution in [1.82, 2.24) is 9.97 Å². The van der Waals surface area contributed by atoms with Gasteiger partial charge in [0.25, 0.3) is 0 Å². The van der Waals surface area contributed by atoms with Gasteiger partial charge in [0.05, 0.1) is 0 Å². The van der Waals surface area contributed by atoms with E-state index in [9.17, 15) is 0 Å². The molecule has 1 fully saturated rings. The highest BCUT2D eigenvalue weighted by Crippen LogP contribution is 2.21. The Kier molecular flexibility index (Phi) is 3.88. The molecule has 0 saturated carbocycles. The van der Waals surface area contributed by atoms with Crippen molar-refractivity contribution >= 4 is 23.4 Å². The van der Waals surface area contributed by atoms with Gasteiger partial charge in [-0.3, -0.25) is 0 Å². The number of nitrogens with one attached hydrogen (secondary N) is 2. The number of aryl methyl sites for hydroxylation is 1. The van der Waals surface area contributed by atoms with Gasteiger partial charge in [-0.05, 0) is 26.0 Å². The van der Waals surface area contributed by atoms with E-state index in [1.807, 2.05) is 24.8 Å². The van der Waals surface area contributed by atoms with E-state index in [1.165, 1.54) is 17.9 Å². The Morgan fingerprint density at radius 2 is 2.25 bits per heavy atom. The average Bonchev–Trinajstić information content (AvgIpc) is 2.70. The molecule has 1 aromatic rings. The molecule has 0 aromatic carbocycles. The molecule has 2 rings (SSSR count). The maximum Gasteiger partial charge on any atom is 0.132 e. The van der Waals surface area contributed by atoms with Gasteiger partial charge in [0.15, 0.2) is 0 Å². The first-order valence-corrected chi connectivity index (χ1v) is 6.87. The molecule has 0 spiro atoms. The van der Waals surface area contributed by atoms with Crippen LogP contribution in [0.15, 0.2) is 6.07 Å². The van der Waals surface area contributed by atoms with E-state index in [0.717, 1.165) is 24.0 Å². The van der Waals surface area contributed by atoms with Crippen LogP contribution in [0.2, 0.25) is 0 Å². The summed E-state index contributed by atoms with van der Waals surface area (Å²) in [5, 5.41) is 6.69. The Morgan fingerprint density at radius 3 is 2.94 bits per heavy atom. The molecule has 1 aliphatic rings. The number of nitrogens with zero attached hydrogens (tertiary/aromatic N) is 2. The third-order valence-electron chi connectivity index (χ3n) is 2.48. The smallest absolute Gasteiger partial charge is 0.132 e. The third kappa shape index (κ3) is 3.01. The van der Waals surface area contributed by atoms with Crippen LogP contribution >= 0.6 is 11.8 Å². The fourth-order valence-electron chi connectivity index (χ4n) is 1.77. The van der Waals surface area contributed by atoms with Crippen molar-refractivity contribution in [3.63, 3.8) is 0 Å². The molecular weight excluding hydrogens is 220 g/mol. The average molecular weight is 238 g/mol. The maximum absolute atomic E-state index is 4.41. The first-order chi connectivity index (χ1) is 7.78. The molecule has 2 N–H and O–H groups in total. The highest BCUT2D eigenvalue weighted by Gasteiger charge is 2.15. The maximum atomic E-state index is 4.41. The molecule has 1 unspecified atom stereocenters. The van der Waals surface area contributed by atoms with Crippen LogP contribution in [-0.4, -0.2) is 34.1 Å². The van der Waals surface area contributed by atoms with Gasteiger partial charge in [0.2, 0.25) is 0 Å². The SMILES string of the molecule is CCNc1cc(NC2CCSC2)nc(C)n1. The van der Waals surface area contributed by atoms with Gasteiger partial charge in [-0.25, -0.2) is 9.97 Å². The molecule has 0 amide bonds. The third-order valence-corrected chi connectivity index (χ3v) is 3.64. The van der Waals surface area contributed by atoms with E-state index in [4.69, 9.17) is 0 Å². The van der Waals surface area contributed by atoms with Crippen molar-refractivity contribution in [1.29, 1.82) is 0 Å². The molecule has 1 aromatic heterocycles. The standard InChI is InChI=1S/C11H18N4S/c1-3-12-10-6-11(14-8(2)13-10)15-9-4-5-16-7-9/h6,9H,3-5,7H2,1-2H3,(H2,12,13,14,15). The van der Waals surface area contributed by atoms with E-state index < -0.39 is 0 Å². The van der Waals surface area contributed by atoms with Gasteiger partial charge in [-0.15, -0.1) is 0 Å². The Balaban J connectivity index is 2.06. The lowest BCUT2D eigenvalue weighted by Gasteiger charge is -2.13. The normalized spacial score (nSPS) is 19.8. The lowest BCUT2D eigenvalue weighted by Crippen LogP contribution is -2.19. The van der Waals surface area contributed by atoms with Crippen molar-refractivity contribution < 1.29 is 0 Å². The zero-order valence-electron chi connectivity index (χ0n) is 9.79. The monoisotopic (exact) mass is 238 g/mol. The zero-order valence-corrected chi connectivity index (χ0v) is 10.6. The minimum atomic E-state index is 0.564. The molecule has 0 radical (unpaired) electrons. The molecule has 88 valence electrons. The Morgan fingerprint density at radius 1 is 1.44 bits per heavy atom. The van der Waals surface area contributed by atoms with Crippen molar-refractivity contribution in [2.24, 2.45) is 0 Å². The highest BCUT2D eigenvalue weighted by atomic mass is 32.2. The molecule has 4 nitrogen and oxygen atoms in total. The molecule has 16 heavy (non-hydrogen) atoms. The summed E-state index contributed by atoms with van der Waals surface area (Å²) >= 11 is 2.00. The van der Waals surface area contributed by atoms with Gasteiger partial charge in [0, 0.05) is 24.4 Å². The minimum Gasteiger partial charge on any atom is -0.370 e. The topological polar surface area (TPSA) is 49.8 Å². The predicted molar refractivity (Wildman–Crippen MR) is 70.3 cm³/mol. The second-order valence-electron chi connectivity index (χ2n) is 3.92. The molecule has 1 atom stereocenters. The van der Waals surface area contributed by atoms with E-state index in [1.54, 1.807) is 0 Å². The van der Waals surface area contributed by atoms with Crippen LogP contribution in [0, 0.1) is 6.92 Å². The van der Waals surface area contributed by atoms with E-state index in [2.05, 4.69) is 27.5 Å². The molecular formula is C11H18N4S.